The van der Waals surface area contributed by atoms with Crippen LogP contribution in [0.1, 0.15) is 92.1 Å². The van der Waals surface area contributed by atoms with Crippen LogP contribution < -0.4 is 71.2 Å². The molecule has 9 atom stereocenters. The molecule has 0 unspecified atom stereocenters. The van der Waals surface area contributed by atoms with E-state index in [1.54, 1.807) is 27.7 Å². The molecule has 0 saturated heterocycles. The monoisotopic (exact) mass is 1110 g/mol. The van der Waals surface area contributed by atoms with Crippen molar-refractivity contribution in [1.82, 2.24) is 42.5 Å². The lowest BCUT2D eigenvalue weighted by atomic mass is 9.99. The molecular weight excluding hydrogens is 1030 g/mol. The molecule has 0 saturated carbocycles. The molecule has 0 spiro atoms. The molecule has 0 heterocycles. The molecule has 1 rings (SSSR count). The van der Waals surface area contributed by atoms with Crippen molar-refractivity contribution in [1.29, 1.82) is 0 Å². The summed E-state index contributed by atoms with van der Waals surface area (Å²) in [7, 11) is 0. The van der Waals surface area contributed by atoms with Gasteiger partial charge < -0.3 is 96.7 Å². The Hall–Kier alpha value is -7.86. The first-order valence-electron chi connectivity index (χ1n) is 25.2. The van der Waals surface area contributed by atoms with E-state index in [1.807, 2.05) is 0 Å². The normalized spacial score (nSPS) is 14.6. The van der Waals surface area contributed by atoms with Crippen LogP contribution in [0.15, 0.2) is 34.3 Å². The van der Waals surface area contributed by atoms with E-state index in [0.717, 1.165) is 0 Å². The van der Waals surface area contributed by atoms with Gasteiger partial charge in [-0.1, -0.05) is 53.7 Å². The number of rotatable bonds is 36. The number of phenolic OH excluding ortho intramolecular Hbond substituents is 1. The predicted molar refractivity (Wildman–Crippen MR) is 283 cm³/mol. The van der Waals surface area contributed by atoms with Crippen LogP contribution in [0.3, 0.4) is 0 Å². The van der Waals surface area contributed by atoms with Gasteiger partial charge in [0, 0.05) is 19.5 Å². The van der Waals surface area contributed by atoms with Crippen molar-refractivity contribution in [3.8, 4) is 5.75 Å². The molecule has 30 nitrogen and oxygen atoms in total. The number of carboxylic acids is 2. The summed E-state index contributed by atoms with van der Waals surface area (Å²) in [6.45, 7) is 8.03. The number of hydrogen-bond acceptors (Lipinski definition) is 16. The van der Waals surface area contributed by atoms with Gasteiger partial charge >= 0.3 is 11.9 Å². The van der Waals surface area contributed by atoms with Gasteiger partial charge in [0.15, 0.2) is 11.9 Å². The average Bonchev–Trinajstić information content (AvgIpc) is 3.34. The maximum atomic E-state index is 14.3. The van der Waals surface area contributed by atoms with E-state index in [0.29, 0.717) is 12.0 Å². The summed E-state index contributed by atoms with van der Waals surface area (Å²) in [6.07, 6.45) is -0.980. The molecule has 0 aliphatic carbocycles. The number of nitrogens with one attached hydrogen (secondary N) is 8. The highest BCUT2D eigenvalue weighted by atomic mass is 16.4. The Kier molecular flexibility index (Phi) is 30.3. The van der Waals surface area contributed by atoms with Crippen LogP contribution in [0.2, 0.25) is 0 Å². The molecule has 30 heteroatoms. The molecule has 0 fully saturated rings. The summed E-state index contributed by atoms with van der Waals surface area (Å²) in [5.74, 6) is -12.8. The van der Waals surface area contributed by atoms with Crippen molar-refractivity contribution >= 4 is 71.1 Å². The zero-order chi connectivity index (χ0) is 59.4. The van der Waals surface area contributed by atoms with Gasteiger partial charge in [0.05, 0.1) is 25.7 Å². The van der Waals surface area contributed by atoms with Crippen LogP contribution >= 0.6 is 0 Å². The largest absolute Gasteiger partial charge is 0.508 e. The Bertz CT molecular complexity index is 2240. The maximum absolute atomic E-state index is 14.3. The van der Waals surface area contributed by atoms with Crippen molar-refractivity contribution in [2.45, 2.75) is 147 Å². The number of carbonyl (C=O) groups excluding carboxylic acids is 8. The number of aliphatic carboxylic acids is 2. The number of carboxylic acid groups (broad SMARTS) is 2. The van der Waals surface area contributed by atoms with E-state index in [2.05, 4.69) is 52.5 Å². The van der Waals surface area contributed by atoms with Crippen molar-refractivity contribution in [2.75, 3.05) is 26.3 Å². The van der Waals surface area contributed by atoms with E-state index >= 15 is 0 Å². The Morgan fingerprint density at radius 3 is 1.36 bits per heavy atom. The van der Waals surface area contributed by atoms with Crippen molar-refractivity contribution in [3.63, 3.8) is 0 Å². The summed E-state index contributed by atoms with van der Waals surface area (Å²) < 4.78 is 0. The lowest BCUT2D eigenvalue weighted by Gasteiger charge is -2.29. The fraction of sp³-hybridized carbons (Fsp3) is 0.625. The van der Waals surface area contributed by atoms with Gasteiger partial charge in [-0.05, 0) is 74.0 Å². The summed E-state index contributed by atoms with van der Waals surface area (Å²) >= 11 is 0. The molecule has 78 heavy (non-hydrogen) atoms. The second-order valence-corrected chi connectivity index (χ2v) is 19.6. The van der Waals surface area contributed by atoms with E-state index in [9.17, 15) is 73.5 Å². The summed E-state index contributed by atoms with van der Waals surface area (Å²) in [5.41, 5.74) is 27.9. The molecule has 23 N–H and O–H groups in total. The highest BCUT2D eigenvalue weighted by molar-refractivity contribution is 5.99. The molecule has 0 bridgehead atoms. The second kappa shape index (κ2) is 34.7. The number of aliphatic imine (C=N–C) groups is 2. The van der Waals surface area contributed by atoms with Crippen LogP contribution in [0.4, 0.5) is 0 Å². The molecular formula is C48H81N15O15. The number of nitrogens with zero attached hydrogens (tertiary/aromatic N) is 2. The lowest BCUT2D eigenvalue weighted by molar-refractivity contribution is -0.143. The average molecular weight is 1110 g/mol. The molecule has 0 radical (unpaired) electrons. The highest BCUT2D eigenvalue weighted by Gasteiger charge is 2.36. The smallest absolute Gasteiger partial charge is 0.326 e. The Morgan fingerprint density at radius 2 is 0.897 bits per heavy atom. The van der Waals surface area contributed by atoms with Crippen LogP contribution in [-0.4, -0.2) is 177 Å². The zero-order valence-corrected chi connectivity index (χ0v) is 44.8. The van der Waals surface area contributed by atoms with E-state index in [-0.39, 0.29) is 81.1 Å². The quantitative estimate of drug-likeness (QED) is 0.0169. The number of amides is 8. The third-order valence-corrected chi connectivity index (χ3v) is 11.4. The van der Waals surface area contributed by atoms with E-state index < -0.39 is 139 Å². The van der Waals surface area contributed by atoms with Crippen LogP contribution in [-0.2, 0) is 54.4 Å². The topological polar surface area (TPSA) is 523 Å². The lowest BCUT2D eigenvalue weighted by Crippen LogP contribution is -2.62. The molecule has 438 valence electrons. The zero-order valence-electron chi connectivity index (χ0n) is 44.8. The number of nitrogens with two attached hydrogens (primary N) is 5. The number of benzene rings is 1. The van der Waals surface area contributed by atoms with Gasteiger partial charge in [-0.2, -0.15) is 0 Å². The van der Waals surface area contributed by atoms with Gasteiger partial charge in [-0.15, -0.1) is 0 Å². The minimum absolute atomic E-state index is 0.0175. The first-order chi connectivity index (χ1) is 36.5. The molecule has 8 amide bonds. The number of aliphatic hydroxyl groups excluding tert-OH is 2. The minimum Gasteiger partial charge on any atom is -0.508 e. The summed E-state index contributed by atoms with van der Waals surface area (Å²) in [5, 5.41) is 68.7. The van der Waals surface area contributed by atoms with E-state index in [1.165, 1.54) is 38.1 Å². The Morgan fingerprint density at radius 1 is 0.500 bits per heavy atom. The molecule has 1 aromatic rings. The number of aliphatic hydroxyl groups is 2. The molecule has 0 aromatic heterocycles. The van der Waals surface area contributed by atoms with Crippen molar-refractivity contribution < 1.29 is 73.5 Å². The first-order valence-corrected chi connectivity index (χ1v) is 25.2. The summed E-state index contributed by atoms with van der Waals surface area (Å²) in [4.78, 5) is 141. The van der Waals surface area contributed by atoms with Gasteiger partial charge in [-0.3, -0.25) is 53.1 Å². The number of phenols is 1. The van der Waals surface area contributed by atoms with Crippen LogP contribution in [0, 0.1) is 17.8 Å². The number of guanidine groups is 2. The third-order valence-electron chi connectivity index (χ3n) is 11.4. The fourth-order valence-electron chi connectivity index (χ4n) is 7.36. The maximum Gasteiger partial charge on any atom is 0.326 e. The fourth-order valence-corrected chi connectivity index (χ4v) is 7.36. The van der Waals surface area contributed by atoms with E-state index in [4.69, 9.17) is 28.7 Å². The predicted octanol–water partition coefficient (Wildman–Crippen LogP) is -5.46. The number of aromatic hydroxyl groups is 1. The molecule has 0 aliphatic rings. The molecule has 0 aliphatic heterocycles. The molecule has 1 aromatic carbocycles. The third kappa shape index (κ3) is 26.3. The van der Waals surface area contributed by atoms with Gasteiger partial charge in [-0.25, -0.2) is 4.79 Å². The highest BCUT2D eigenvalue weighted by Crippen LogP contribution is 2.14. The standard InChI is InChI=1S/C48H81N15O15/c1-23(2)17-30(57-38(69)28(49)9-7-15-54-47(50)51)40(71)59-32(20-36(67)68)41(72)62-34(21-64)43(74)58-31(19-26-11-13-27(66)14-12-26)42(73)63-37(25(5)6)45(76)56-29(10-8-16-55-48(52)53)39(70)61-35(22-65)44(75)60-33(46(77)78)18-24(3)4/h11-14,23-25,28-35,37,64-66H,7-10,15-22,49H2,1-6H3,(H,56,76)(H,57,69)(H,58,74)(H,59,71)(H,60,75)(H,61,70)(H,62,72)(H,63,73)(H,67,68)(H,77,78)(H4,50,51,54)(H4,52,53,55)/t28-,29-,30-,31-,32-,33-,34-,35-,37-/m0/s1. The van der Waals surface area contributed by atoms with Gasteiger partial charge in [0.2, 0.25) is 47.3 Å². The van der Waals surface area contributed by atoms with Crippen molar-refractivity contribution in [2.24, 2.45) is 56.4 Å². The number of carbonyl (C=O) groups is 10. The minimum atomic E-state index is -1.90. The van der Waals surface area contributed by atoms with Gasteiger partial charge in [0.25, 0.3) is 0 Å². The summed E-state index contributed by atoms with van der Waals surface area (Å²) in [6, 6.07) is -8.43. The number of hydrogen-bond donors (Lipinski definition) is 18. The van der Waals surface area contributed by atoms with Crippen molar-refractivity contribution in [3.05, 3.63) is 29.8 Å². The van der Waals surface area contributed by atoms with Crippen LogP contribution in [0.5, 0.6) is 5.75 Å². The first kappa shape index (κ1) is 68.2. The Balaban J connectivity index is 3.49. The van der Waals surface area contributed by atoms with Crippen LogP contribution in [0.25, 0.3) is 0 Å². The Labute approximate surface area is 451 Å². The second-order valence-electron chi connectivity index (χ2n) is 19.6. The van der Waals surface area contributed by atoms with Gasteiger partial charge in [0.1, 0.15) is 54.1 Å². The SMILES string of the molecule is CC(C)C[C@H](NC(=O)[C@H](CO)NC(=O)[C@H](CCCN=C(N)N)NC(=O)[C@@H](NC(=O)[C@H](Cc1ccc(O)cc1)NC(=O)[C@H](CO)NC(=O)[C@H](CC(=O)O)NC(=O)[C@H](CC(C)C)NC(=O)[C@@H](N)CCCN=C(N)N)C(C)C)C(=O)O.